The average Bonchev–Trinajstić information content (AvgIpc) is 2.55. The fourth-order valence-electron chi connectivity index (χ4n) is 2.02. The Hall–Kier alpha value is -2.38. The molecule has 0 fully saturated rings. The first-order valence-electron chi connectivity index (χ1n) is 7.39. The number of hydrogen-bond donors (Lipinski definition) is 2. The van der Waals surface area contributed by atoms with Gasteiger partial charge in [-0.25, -0.2) is 8.42 Å². The Morgan fingerprint density at radius 1 is 1.08 bits per heavy atom. The number of carbonyl (C=O) groups excluding carboxylic acids is 2. The maximum Gasteiger partial charge on any atom is 0.251 e. The third-order valence-electron chi connectivity index (χ3n) is 3.29. The fraction of sp³-hybridized carbons (Fsp3) is 0.176. The van der Waals surface area contributed by atoms with Crippen LogP contribution in [0.25, 0.3) is 0 Å². The third-order valence-corrected chi connectivity index (χ3v) is 4.65. The predicted molar refractivity (Wildman–Crippen MR) is 96.6 cm³/mol. The Morgan fingerprint density at radius 2 is 1.76 bits per heavy atom. The second-order valence-corrected chi connectivity index (χ2v) is 7.81. The molecule has 2 N–H and O–H groups in total. The zero-order chi connectivity index (χ0) is 18.4. The lowest BCUT2D eigenvalue weighted by atomic mass is 10.2. The van der Waals surface area contributed by atoms with Crippen LogP contribution < -0.4 is 10.6 Å². The second kappa shape index (κ2) is 8.13. The van der Waals surface area contributed by atoms with Crippen molar-refractivity contribution in [3.63, 3.8) is 0 Å². The van der Waals surface area contributed by atoms with Gasteiger partial charge < -0.3 is 10.6 Å². The summed E-state index contributed by atoms with van der Waals surface area (Å²) in [6.45, 7) is 0.152. The molecule has 0 aliphatic rings. The molecule has 0 unspecified atom stereocenters. The van der Waals surface area contributed by atoms with Gasteiger partial charge in [-0.15, -0.1) is 0 Å². The molecule has 2 aromatic carbocycles. The van der Waals surface area contributed by atoms with Crippen LogP contribution in [-0.2, 0) is 14.6 Å². The Bertz CT molecular complexity index is 880. The molecule has 0 saturated heterocycles. The number of nitrogens with one attached hydrogen (secondary N) is 2. The SMILES string of the molecule is CS(=O)(=O)c1cccc(NC(=O)CCNC(=O)c2ccc(Cl)cc2)c1. The van der Waals surface area contributed by atoms with E-state index in [1.165, 1.54) is 12.1 Å². The molecule has 6 nitrogen and oxygen atoms in total. The van der Waals surface area contributed by atoms with Crippen molar-refractivity contribution in [2.24, 2.45) is 0 Å². The van der Waals surface area contributed by atoms with Gasteiger partial charge in [-0.3, -0.25) is 9.59 Å². The molecule has 0 bridgehead atoms. The van der Waals surface area contributed by atoms with Crippen LogP contribution >= 0.6 is 11.6 Å². The van der Waals surface area contributed by atoms with Crippen LogP contribution in [-0.4, -0.2) is 33.0 Å². The zero-order valence-electron chi connectivity index (χ0n) is 13.5. The Labute approximate surface area is 151 Å². The molecule has 0 aliphatic heterocycles. The van der Waals surface area contributed by atoms with Gasteiger partial charge in [0.15, 0.2) is 9.84 Å². The van der Waals surface area contributed by atoms with Crippen LogP contribution in [0.1, 0.15) is 16.8 Å². The molecular weight excluding hydrogens is 364 g/mol. The van der Waals surface area contributed by atoms with E-state index in [0.717, 1.165) is 6.26 Å². The summed E-state index contributed by atoms with van der Waals surface area (Å²) in [7, 11) is -3.34. The van der Waals surface area contributed by atoms with Crippen LogP contribution in [0.5, 0.6) is 0 Å². The number of carbonyl (C=O) groups is 2. The number of rotatable bonds is 6. The van der Waals surface area contributed by atoms with Gasteiger partial charge in [0.1, 0.15) is 0 Å². The van der Waals surface area contributed by atoms with E-state index < -0.39 is 9.84 Å². The molecule has 0 heterocycles. The van der Waals surface area contributed by atoms with Crippen molar-refractivity contribution >= 4 is 38.9 Å². The number of hydrogen-bond acceptors (Lipinski definition) is 4. The number of amides is 2. The van der Waals surface area contributed by atoms with Crippen LogP contribution in [0.15, 0.2) is 53.4 Å². The maximum absolute atomic E-state index is 11.9. The number of benzene rings is 2. The molecule has 2 rings (SSSR count). The lowest BCUT2D eigenvalue weighted by Gasteiger charge is -2.08. The van der Waals surface area contributed by atoms with Gasteiger partial charge in [-0.2, -0.15) is 0 Å². The van der Waals surface area contributed by atoms with Crippen LogP contribution in [0, 0.1) is 0 Å². The zero-order valence-corrected chi connectivity index (χ0v) is 15.0. The van der Waals surface area contributed by atoms with E-state index in [1.807, 2.05) is 0 Å². The molecule has 0 aromatic heterocycles. The summed E-state index contributed by atoms with van der Waals surface area (Å²) < 4.78 is 23.0. The van der Waals surface area contributed by atoms with Gasteiger partial charge in [0.05, 0.1) is 4.90 Å². The van der Waals surface area contributed by atoms with E-state index in [9.17, 15) is 18.0 Å². The fourth-order valence-corrected chi connectivity index (χ4v) is 2.81. The van der Waals surface area contributed by atoms with Gasteiger partial charge in [-0.05, 0) is 42.5 Å². The maximum atomic E-state index is 11.9. The highest BCUT2D eigenvalue weighted by Gasteiger charge is 2.10. The van der Waals surface area contributed by atoms with Crippen molar-refractivity contribution in [2.45, 2.75) is 11.3 Å². The molecule has 25 heavy (non-hydrogen) atoms. The summed E-state index contributed by atoms with van der Waals surface area (Å²) in [5.74, 6) is -0.634. The minimum Gasteiger partial charge on any atom is -0.352 e. The van der Waals surface area contributed by atoms with E-state index in [-0.39, 0.29) is 29.7 Å². The van der Waals surface area contributed by atoms with Crippen LogP contribution in [0.4, 0.5) is 5.69 Å². The van der Waals surface area contributed by atoms with E-state index in [0.29, 0.717) is 16.3 Å². The van der Waals surface area contributed by atoms with Gasteiger partial charge in [0.2, 0.25) is 5.91 Å². The Morgan fingerprint density at radius 3 is 2.40 bits per heavy atom. The standard InChI is InChI=1S/C17H17ClN2O4S/c1-25(23,24)15-4-2-3-14(11-15)20-16(21)9-10-19-17(22)12-5-7-13(18)8-6-12/h2-8,11H,9-10H2,1H3,(H,19,22)(H,20,21). The van der Waals surface area contributed by atoms with Crippen molar-refractivity contribution in [3.05, 3.63) is 59.1 Å². The van der Waals surface area contributed by atoms with Gasteiger partial charge in [0, 0.05) is 35.5 Å². The van der Waals surface area contributed by atoms with Gasteiger partial charge in [-0.1, -0.05) is 17.7 Å². The van der Waals surface area contributed by atoms with Crippen molar-refractivity contribution < 1.29 is 18.0 Å². The quantitative estimate of drug-likeness (QED) is 0.805. The van der Waals surface area contributed by atoms with Crippen molar-refractivity contribution in [3.8, 4) is 0 Å². The first-order valence-corrected chi connectivity index (χ1v) is 9.66. The summed E-state index contributed by atoms with van der Waals surface area (Å²) in [5, 5.41) is 5.77. The van der Waals surface area contributed by atoms with Crippen molar-refractivity contribution in [1.29, 1.82) is 0 Å². The molecule has 0 saturated carbocycles. The summed E-state index contributed by atoms with van der Waals surface area (Å²) in [5.41, 5.74) is 0.836. The van der Waals surface area contributed by atoms with Gasteiger partial charge >= 0.3 is 0 Å². The highest BCUT2D eigenvalue weighted by Crippen LogP contribution is 2.15. The molecule has 0 aliphatic carbocycles. The number of sulfone groups is 1. The van der Waals surface area contributed by atoms with E-state index >= 15 is 0 Å². The summed E-state index contributed by atoms with van der Waals surface area (Å²) in [6, 6.07) is 12.4. The molecule has 0 atom stereocenters. The number of anilines is 1. The molecular formula is C17H17ClN2O4S. The summed E-state index contributed by atoms with van der Waals surface area (Å²) in [4.78, 5) is 23.9. The van der Waals surface area contributed by atoms with Crippen molar-refractivity contribution in [2.75, 3.05) is 18.1 Å². The number of halogens is 1. The van der Waals surface area contributed by atoms with Crippen LogP contribution in [0.3, 0.4) is 0 Å². The lowest BCUT2D eigenvalue weighted by molar-refractivity contribution is -0.116. The Balaban J connectivity index is 1.85. The van der Waals surface area contributed by atoms with E-state index in [4.69, 9.17) is 11.6 Å². The van der Waals surface area contributed by atoms with E-state index in [2.05, 4.69) is 10.6 Å². The monoisotopic (exact) mass is 380 g/mol. The van der Waals surface area contributed by atoms with Crippen LogP contribution in [0.2, 0.25) is 5.02 Å². The molecule has 2 aromatic rings. The second-order valence-electron chi connectivity index (χ2n) is 5.36. The molecule has 132 valence electrons. The summed E-state index contributed by atoms with van der Waals surface area (Å²) >= 11 is 5.76. The minimum atomic E-state index is -3.34. The first kappa shape index (κ1) is 19.0. The topological polar surface area (TPSA) is 92.3 Å². The highest BCUT2D eigenvalue weighted by atomic mass is 35.5. The van der Waals surface area contributed by atoms with Gasteiger partial charge in [0.25, 0.3) is 5.91 Å². The molecule has 0 spiro atoms. The molecule has 8 heteroatoms. The van der Waals surface area contributed by atoms with Crippen molar-refractivity contribution in [1.82, 2.24) is 5.32 Å². The predicted octanol–water partition coefficient (Wildman–Crippen LogP) is 2.50. The average molecular weight is 381 g/mol. The largest absolute Gasteiger partial charge is 0.352 e. The first-order chi connectivity index (χ1) is 11.8. The minimum absolute atomic E-state index is 0.0580. The molecule has 0 radical (unpaired) electrons. The smallest absolute Gasteiger partial charge is 0.251 e. The third kappa shape index (κ3) is 5.88. The summed E-state index contributed by atoms with van der Waals surface area (Å²) in [6.07, 6.45) is 1.16. The lowest BCUT2D eigenvalue weighted by Crippen LogP contribution is -2.27. The van der Waals surface area contributed by atoms with E-state index in [1.54, 1.807) is 36.4 Å². The highest BCUT2D eigenvalue weighted by molar-refractivity contribution is 7.90. The Kier molecular flexibility index (Phi) is 6.17. The normalized spacial score (nSPS) is 11.0. The molecule has 2 amide bonds.